The molecule has 9 rings (SSSR count). The molecule has 0 aromatic heterocycles. The fraction of sp³-hybridized carbons (Fsp3) is 0.300. The van der Waals surface area contributed by atoms with Crippen LogP contribution in [0.3, 0.4) is 0 Å². The molecular formula is C60H62+2. The van der Waals surface area contributed by atoms with Crippen molar-refractivity contribution in [2.24, 2.45) is 0 Å². The van der Waals surface area contributed by atoms with Crippen molar-refractivity contribution in [2.45, 2.75) is 118 Å². The van der Waals surface area contributed by atoms with E-state index in [1.54, 1.807) is 0 Å². The van der Waals surface area contributed by atoms with E-state index in [-0.39, 0.29) is 21.7 Å². The lowest BCUT2D eigenvalue weighted by atomic mass is 9.88. The average Bonchev–Trinajstić information content (AvgIpc) is 3.53. The molecular weight excluding hydrogens is 721 g/mol. The van der Waals surface area contributed by atoms with Crippen LogP contribution in [0.1, 0.15) is 150 Å². The number of rotatable bonds is 0. The molecule has 0 N–H and O–H groups in total. The number of fused-ring (bicyclic) bond motifs is 18. The van der Waals surface area contributed by atoms with Crippen LogP contribution in [0.15, 0.2) is 121 Å². The third kappa shape index (κ3) is 7.27. The fourth-order valence-corrected chi connectivity index (χ4v) is 9.63. The van der Waals surface area contributed by atoms with Gasteiger partial charge in [0.1, 0.15) is 0 Å². The summed E-state index contributed by atoms with van der Waals surface area (Å²) in [5.74, 6) is 0. The smallest absolute Gasteiger partial charge is 0.0579 e. The zero-order chi connectivity index (χ0) is 42.5. The molecule has 0 heteroatoms. The Morgan fingerprint density at radius 1 is 0.417 bits per heavy atom. The first kappa shape index (κ1) is 40.0. The van der Waals surface area contributed by atoms with Gasteiger partial charge >= 0.3 is 0 Å². The highest BCUT2D eigenvalue weighted by Gasteiger charge is 2.31. The summed E-state index contributed by atoms with van der Waals surface area (Å²) in [6, 6.07) is 43.1. The molecule has 60 heavy (non-hydrogen) atoms. The lowest BCUT2D eigenvalue weighted by Gasteiger charge is -2.17. The van der Waals surface area contributed by atoms with Gasteiger partial charge in [-0.3, -0.25) is 0 Å². The molecule has 8 bridgehead atoms. The van der Waals surface area contributed by atoms with Crippen LogP contribution in [0, 0.1) is 0 Å². The predicted octanol–water partition coefficient (Wildman–Crippen LogP) is 16.3. The first-order valence-corrected chi connectivity index (χ1v) is 22.2. The van der Waals surface area contributed by atoms with E-state index in [2.05, 4.69) is 217 Å². The Morgan fingerprint density at radius 2 is 0.850 bits per heavy atom. The molecule has 0 nitrogen and oxygen atoms in total. The minimum Gasteiger partial charge on any atom is -0.0579 e. The lowest BCUT2D eigenvalue weighted by molar-refractivity contribution is 0.590. The van der Waals surface area contributed by atoms with Crippen LogP contribution in [0.4, 0.5) is 0 Å². The van der Waals surface area contributed by atoms with Crippen molar-refractivity contribution in [1.29, 1.82) is 0 Å². The highest BCUT2D eigenvalue weighted by Crippen LogP contribution is 2.47. The summed E-state index contributed by atoms with van der Waals surface area (Å²) in [4.78, 5) is 0. The summed E-state index contributed by atoms with van der Waals surface area (Å²) in [6.45, 7) is 27.8. The van der Waals surface area contributed by atoms with Gasteiger partial charge in [-0.05, 0) is 141 Å². The third-order valence-corrected chi connectivity index (χ3v) is 13.4. The molecule has 0 fully saturated rings. The minimum absolute atomic E-state index is 0.0470. The Balaban J connectivity index is 1.35. The molecule has 7 aliphatic carbocycles. The van der Waals surface area contributed by atoms with Gasteiger partial charge in [0.15, 0.2) is 0 Å². The van der Waals surface area contributed by atoms with Crippen LogP contribution in [-0.4, -0.2) is 0 Å². The molecule has 300 valence electrons. The topological polar surface area (TPSA) is 0 Å². The average molecular weight is 783 g/mol. The molecule has 0 amide bonds. The number of hydrogen-bond acceptors (Lipinski definition) is 0. The van der Waals surface area contributed by atoms with E-state index in [0.717, 1.165) is 12.8 Å². The van der Waals surface area contributed by atoms with Gasteiger partial charge < -0.3 is 0 Å². The van der Waals surface area contributed by atoms with E-state index in [4.69, 9.17) is 0 Å². The van der Waals surface area contributed by atoms with Gasteiger partial charge in [-0.15, -0.1) is 0 Å². The highest BCUT2D eigenvalue weighted by atomic mass is 14.3. The summed E-state index contributed by atoms with van der Waals surface area (Å²) >= 11 is 0. The molecule has 2 aromatic rings. The van der Waals surface area contributed by atoms with Crippen LogP contribution in [0.25, 0.3) is 56.7 Å². The first-order valence-electron chi connectivity index (χ1n) is 22.2. The third-order valence-electron chi connectivity index (χ3n) is 13.4. The van der Waals surface area contributed by atoms with Crippen molar-refractivity contribution in [3.05, 3.63) is 188 Å². The Hall–Kier alpha value is -5.46. The maximum absolute atomic E-state index is 2.49. The second-order valence-electron chi connectivity index (χ2n) is 21.9. The van der Waals surface area contributed by atoms with Gasteiger partial charge in [0.25, 0.3) is 0 Å². The van der Waals surface area contributed by atoms with Gasteiger partial charge in [-0.2, -0.15) is 0 Å². The number of hydrogen-bond donors (Lipinski definition) is 0. The molecule has 0 aliphatic heterocycles. The monoisotopic (exact) mass is 782 g/mol. The van der Waals surface area contributed by atoms with E-state index in [1.165, 1.54) is 111 Å². The molecule has 2 aromatic carbocycles. The van der Waals surface area contributed by atoms with E-state index >= 15 is 0 Å². The first-order chi connectivity index (χ1) is 28.2. The van der Waals surface area contributed by atoms with Crippen molar-refractivity contribution in [1.82, 2.24) is 0 Å². The van der Waals surface area contributed by atoms with Gasteiger partial charge in [0, 0.05) is 46.7 Å². The van der Waals surface area contributed by atoms with Crippen LogP contribution < -0.4 is 0 Å². The fourth-order valence-electron chi connectivity index (χ4n) is 9.63. The predicted molar refractivity (Wildman–Crippen MR) is 262 cm³/mol. The molecule has 0 radical (unpaired) electrons. The van der Waals surface area contributed by atoms with Gasteiger partial charge in [0.05, 0.1) is 51.6 Å². The summed E-state index contributed by atoms with van der Waals surface area (Å²) in [7, 11) is 0. The normalized spacial score (nSPS) is 16.1. The molecule has 0 unspecified atom stereocenters. The van der Waals surface area contributed by atoms with Gasteiger partial charge in [-0.1, -0.05) is 123 Å². The Labute approximate surface area is 360 Å². The number of allylic oxidation sites excluding steroid dienone is 6. The Kier molecular flexibility index (Phi) is 9.36. The quantitative estimate of drug-likeness (QED) is 0.135. The summed E-state index contributed by atoms with van der Waals surface area (Å²) in [5.41, 5.74) is 26.8. The van der Waals surface area contributed by atoms with Crippen LogP contribution in [0.5, 0.6) is 0 Å². The molecule has 0 atom stereocenters. The van der Waals surface area contributed by atoms with Crippen LogP contribution >= 0.6 is 0 Å². The molecule has 0 heterocycles. The second kappa shape index (κ2) is 14.1. The van der Waals surface area contributed by atoms with Crippen molar-refractivity contribution in [3.8, 4) is 22.3 Å². The lowest BCUT2D eigenvalue weighted by Crippen LogP contribution is -2.09. The molecule has 7 aliphatic rings. The SMILES string of the molecule is CC(C)(C)c1ccc2c3cc(c-2cc1)CC1=C/C(=C\c2cc(c4ccc(C(C)(C)C)ccc2-4)CC2=CC(=C3)c3cc[c+](C(C)(C)C)ccc32)c2c[cH+]c(C(C)(C)C)ccc21. The van der Waals surface area contributed by atoms with Crippen molar-refractivity contribution >= 4 is 34.4 Å². The van der Waals surface area contributed by atoms with Crippen molar-refractivity contribution in [3.63, 3.8) is 0 Å². The summed E-state index contributed by atoms with van der Waals surface area (Å²) in [5, 5.41) is 0. The van der Waals surface area contributed by atoms with E-state index in [9.17, 15) is 0 Å². The van der Waals surface area contributed by atoms with Gasteiger partial charge in [0.2, 0.25) is 0 Å². The Morgan fingerprint density at radius 3 is 1.32 bits per heavy atom. The van der Waals surface area contributed by atoms with E-state index in [1.807, 2.05) is 0 Å². The van der Waals surface area contributed by atoms with Crippen molar-refractivity contribution in [2.75, 3.05) is 0 Å². The van der Waals surface area contributed by atoms with E-state index < -0.39 is 0 Å². The standard InChI is InChI=1S/C60H62/c1-57(2,3)45-13-21-49-37-29-38(50(49)22-14-45)34-40-31-42(54-26-18-47(59(7,8)9)16-24-52(40)54)36-44-32-43(55-27-19-48(60(10,11)12)20-28-56(44)55)35-41-30-39(33-37)51-23-15-46(58(4,5)6)17-25-53(41)51/h13-33,36H,34-35H2,1-12H3/q+2/b37-33+,44-36?. The zero-order valence-electron chi connectivity index (χ0n) is 38.1. The molecule has 0 saturated heterocycles. The largest absolute Gasteiger partial charge is 0.0793 e. The maximum Gasteiger partial charge on any atom is 0.0793 e. The molecule has 0 spiro atoms. The van der Waals surface area contributed by atoms with Crippen LogP contribution in [0.2, 0.25) is 0 Å². The summed E-state index contributed by atoms with van der Waals surface area (Å²) < 4.78 is 0. The summed E-state index contributed by atoms with van der Waals surface area (Å²) in [6.07, 6.45) is 11.7. The minimum atomic E-state index is 0.0470. The Bertz CT molecular complexity index is 2610. The maximum atomic E-state index is 2.49. The van der Waals surface area contributed by atoms with E-state index in [0.29, 0.717) is 0 Å². The zero-order valence-corrected chi connectivity index (χ0v) is 38.1. The van der Waals surface area contributed by atoms with Crippen molar-refractivity contribution < 1.29 is 0 Å². The van der Waals surface area contributed by atoms with Crippen LogP contribution in [-0.2, 0) is 34.5 Å². The van der Waals surface area contributed by atoms with Gasteiger partial charge in [-0.25, -0.2) is 0 Å². The second-order valence-corrected chi connectivity index (χ2v) is 21.9. The molecule has 0 saturated carbocycles. The highest BCUT2D eigenvalue weighted by molar-refractivity contribution is 6.06.